The molecular formula is C75H85F7N8O8. The number of hydrogen-bond donors (Lipinski definition) is 2. The number of likely N-dealkylation sites (tertiary alicyclic amines) is 2. The van der Waals surface area contributed by atoms with E-state index < -0.39 is 64.6 Å². The van der Waals surface area contributed by atoms with Gasteiger partial charge in [-0.25, -0.2) is 9.18 Å². The number of anilines is 2. The maximum atomic E-state index is 14.3. The van der Waals surface area contributed by atoms with Crippen LogP contribution in [0.5, 0.6) is 0 Å². The highest BCUT2D eigenvalue weighted by molar-refractivity contribution is 5.97. The Kier molecular flexibility index (Phi) is 22.6. The summed E-state index contributed by atoms with van der Waals surface area (Å²) in [5.41, 5.74) is 2.40. The van der Waals surface area contributed by atoms with E-state index in [1.54, 1.807) is 16.8 Å². The van der Waals surface area contributed by atoms with Crippen LogP contribution >= 0.6 is 0 Å². The number of piperidine rings is 2. The molecule has 6 aromatic rings. The van der Waals surface area contributed by atoms with Gasteiger partial charge in [0.2, 0.25) is 11.8 Å². The van der Waals surface area contributed by atoms with Crippen molar-refractivity contribution in [2.45, 2.75) is 113 Å². The Hall–Kier alpha value is -8.38. The lowest BCUT2D eigenvalue weighted by Crippen LogP contribution is -2.50. The zero-order valence-corrected chi connectivity index (χ0v) is 55.4. The van der Waals surface area contributed by atoms with E-state index in [2.05, 4.69) is 32.6 Å². The number of para-hydroxylation sites is 1. The van der Waals surface area contributed by atoms with Gasteiger partial charge in [0.25, 0.3) is 11.8 Å². The van der Waals surface area contributed by atoms with Crippen molar-refractivity contribution < 1.29 is 68.9 Å². The number of benzene rings is 6. The van der Waals surface area contributed by atoms with E-state index in [0.717, 1.165) is 91.1 Å². The van der Waals surface area contributed by atoms with Crippen LogP contribution in [0.2, 0.25) is 0 Å². The van der Waals surface area contributed by atoms with Gasteiger partial charge in [0.1, 0.15) is 30.9 Å². The maximum Gasteiger partial charge on any atom is 0.416 e. The number of hydrogen-bond acceptors (Lipinski definition) is 11. The van der Waals surface area contributed by atoms with E-state index in [4.69, 9.17) is 14.2 Å². The van der Waals surface area contributed by atoms with E-state index in [-0.39, 0.29) is 55.6 Å². The molecule has 4 heterocycles. The number of rotatable bonds is 25. The van der Waals surface area contributed by atoms with Crippen LogP contribution < -0.4 is 10.6 Å². The van der Waals surface area contributed by atoms with E-state index in [1.807, 2.05) is 96.9 Å². The molecule has 3 fully saturated rings. The number of nitrogens with zero attached hydrogens (tertiary/aromatic N) is 6. The van der Waals surface area contributed by atoms with E-state index in [0.29, 0.717) is 113 Å². The summed E-state index contributed by atoms with van der Waals surface area (Å²) in [6.45, 7) is 6.04. The van der Waals surface area contributed by atoms with Crippen molar-refractivity contribution in [1.29, 1.82) is 0 Å². The van der Waals surface area contributed by atoms with Crippen LogP contribution in [0.1, 0.15) is 118 Å². The van der Waals surface area contributed by atoms with Gasteiger partial charge in [0.05, 0.1) is 29.5 Å². The standard InChI is InChI=1S/C75H85F7N8O8/c1-85(34-13-35-89-38-27-53-46-60(25-26-63(53)70(89)94)83-33-12-4-7-20-67(91)86(2)42-43-87-36-28-61(29-37-87)98-71(95)84-65-19-11-9-17-62(65)52-14-5-3-6-15-52)68(92)49-96-66-47-54-16-8-10-18-64(54)72(66)30-39-88(40-31-72)41-32-73(56-21-23-59(76)24-22-56)50-90(51-97-73)69(93)55-44-57(74(77,78)79)48-58(45-55)75(80,81)82/h3,5-6,8-11,14-19,21-26,44-46,48,61,66,83H,4,7,12-13,20,27-43,47,49-51H2,1-2H3,(H,84,95)/t66-,73+/m0/s1. The summed E-state index contributed by atoms with van der Waals surface area (Å²) in [5.74, 6) is -1.69. The molecule has 2 atom stereocenters. The van der Waals surface area contributed by atoms with E-state index in [9.17, 15) is 54.7 Å². The number of nitrogens with one attached hydrogen (secondary N) is 2. The largest absolute Gasteiger partial charge is 0.446 e. The number of halogens is 7. The molecule has 0 saturated carbocycles. The smallest absolute Gasteiger partial charge is 0.416 e. The molecule has 11 rings (SSSR count). The zero-order valence-electron chi connectivity index (χ0n) is 55.4. The first-order valence-corrected chi connectivity index (χ1v) is 33.9. The molecule has 1 aliphatic carbocycles. The van der Waals surface area contributed by atoms with Crippen LogP contribution in [0.4, 0.5) is 46.9 Å². The summed E-state index contributed by atoms with van der Waals surface area (Å²) < 4.78 is 116. The van der Waals surface area contributed by atoms with Crippen molar-refractivity contribution in [2.75, 3.05) is 117 Å². The molecule has 0 unspecified atom stereocenters. The molecule has 4 aliphatic heterocycles. The van der Waals surface area contributed by atoms with Crippen molar-refractivity contribution in [1.82, 2.24) is 29.4 Å². The Balaban J connectivity index is 0.573. The molecule has 6 aromatic carbocycles. The number of ether oxygens (including phenoxy) is 3. The zero-order chi connectivity index (χ0) is 69.2. The third-order valence-corrected chi connectivity index (χ3v) is 20.3. The highest BCUT2D eigenvalue weighted by atomic mass is 19.4. The fraction of sp³-hybridized carbons (Fsp3) is 0.453. The predicted molar refractivity (Wildman–Crippen MR) is 358 cm³/mol. The average Bonchev–Trinajstić information content (AvgIpc) is 1.62. The molecule has 98 heavy (non-hydrogen) atoms. The fourth-order valence-electron chi connectivity index (χ4n) is 14.5. The van der Waals surface area contributed by atoms with Crippen molar-refractivity contribution in [3.8, 4) is 11.1 Å². The normalized spacial score (nSPS) is 18.9. The van der Waals surface area contributed by atoms with Gasteiger partial charge in [0.15, 0.2) is 0 Å². The summed E-state index contributed by atoms with van der Waals surface area (Å²) in [6.07, 6.45) is -3.20. The van der Waals surface area contributed by atoms with Crippen LogP contribution in [0.3, 0.4) is 0 Å². The molecule has 5 aliphatic rings. The Morgan fingerprint density at radius 1 is 0.673 bits per heavy atom. The van der Waals surface area contributed by atoms with Gasteiger partial charge in [-0.05, 0) is 160 Å². The van der Waals surface area contributed by atoms with Gasteiger partial charge >= 0.3 is 18.4 Å². The van der Waals surface area contributed by atoms with E-state index >= 15 is 0 Å². The Labute approximate surface area is 567 Å². The molecule has 2 N–H and O–H groups in total. The summed E-state index contributed by atoms with van der Waals surface area (Å²) >= 11 is 0. The second-order valence-corrected chi connectivity index (χ2v) is 26.6. The van der Waals surface area contributed by atoms with Gasteiger partial charge in [-0.3, -0.25) is 24.5 Å². The van der Waals surface area contributed by atoms with Gasteiger partial charge in [-0.15, -0.1) is 0 Å². The van der Waals surface area contributed by atoms with Crippen LogP contribution in [-0.2, 0) is 60.0 Å². The Morgan fingerprint density at radius 3 is 2.09 bits per heavy atom. The Bertz CT molecular complexity index is 3740. The topological polar surface area (TPSA) is 157 Å². The highest BCUT2D eigenvalue weighted by Crippen LogP contribution is 2.49. The number of unbranched alkanes of at least 4 members (excludes halogenated alkanes) is 2. The molecule has 0 aromatic heterocycles. The van der Waals surface area contributed by atoms with Crippen LogP contribution in [0, 0.1) is 5.82 Å². The highest BCUT2D eigenvalue weighted by Gasteiger charge is 2.50. The van der Waals surface area contributed by atoms with Crippen molar-refractivity contribution in [2.24, 2.45) is 0 Å². The van der Waals surface area contributed by atoms with Crippen LogP contribution in [0.25, 0.3) is 11.1 Å². The van der Waals surface area contributed by atoms with Crippen molar-refractivity contribution in [3.05, 3.63) is 190 Å². The number of carbonyl (C=O) groups is 5. The summed E-state index contributed by atoms with van der Waals surface area (Å²) in [5, 5.41) is 6.43. The first-order chi connectivity index (χ1) is 47.0. The SMILES string of the molecule is CN(CCN1CCC(OC(=O)Nc2ccccc2-c2ccccc2)CC1)C(=O)CCCCCNc1ccc2c(c1)CCN(CCCN(C)C(=O)CO[C@H]1Cc3ccccc3C13CCN(CC[C@]1(c4ccc(F)cc4)CN(C(=O)c4cc(C(F)(F)F)cc(C(F)(F)F)c4)CO1)CC3)C2=O. The molecule has 1 spiro atoms. The van der Waals surface area contributed by atoms with Gasteiger partial charge in [-0.2, -0.15) is 26.3 Å². The Morgan fingerprint density at radius 2 is 1.36 bits per heavy atom. The lowest BCUT2D eigenvalue weighted by atomic mass is 9.72. The molecule has 0 radical (unpaired) electrons. The summed E-state index contributed by atoms with van der Waals surface area (Å²) in [7, 11) is 3.60. The quantitative estimate of drug-likeness (QED) is 0.0415. The third kappa shape index (κ3) is 17.2. The van der Waals surface area contributed by atoms with Gasteiger partial charge < -0.3 is 48.9 Å². The molecular weight excluding hydrogens is 1270 g/mol. The summed E-state index contributed by atoms with van der Waals surface area (Å²) in [6, 6.07) is 37.9. The number of carbonyl (C=O) groups excluding carboxylic acids is 5. The molecule has 0 bridgehead atoms. The first-order valence-electron chi connectivity index (χ1n) is 33.9. The summed E-state index contributed by atoms with van der Waals surface area (Å²) in [4.78, 5) is 78.1. The molecule has 3 saturated heterocycles. The molecule has 5 amide bonds. The maximum absolute atomic E-state index is 14.3. The first kappa shape index (κ1) is 70.9. The van der Waals surface area contributed by atoms with Gasteiger partial charge in [-0.1, -0.05) is 91.3 Å². The van der Waals surface area contributed by atoms with Crippen LogP contribution in [0.15, 0.2) is 140 Å². The molecule has 522 valence electrons. The monoisotopic (exact) mass is 1360 g/mol. The van der Waals surface area contributed by atoms with Crippen molar-refractivity contribution >= 4 is 41.1 Å². The predicted octanol–water partition coefficient (Wildman–Crippen LogP) is 12.9. The van der Waals surface area contributed by atoms with Crippen LogP contribution in [-0.4, -0.2) is 177 Å². The molecule has 23 heteroatoms. The second-order valence-electron chi connectivity index (χ2n) is 26.6. The number of amides is 5. The lowest BCUT2D eigenvalue weighted by molar-refractivity contribution is -0.143. The lowest BCUT2D eigenvalue weighted by Gasteiger charge is -2.44. The third-order valence-electron chi connectivity index (χ3n) is 20.3. The second kappa shape index (κ2) is 31.2. The number of alkyl halides is 6. The average molecular weight is 1360 g/mol. The van der Waals surface area contributed by atoms with Gasteiger partial charge in [0, 0.05) is 107 Å². The minimum absolute atomic E-state index is 0.0264. The van der Waals surface area contributed by atoms with E-state index in [1.165, 1.54) is 29.8 Å². The fourth-order valence-corrected chi connectivity index (χ4v) is 14.5. The number of likely N-dealkylation sites (N-methyl/N-ethyl adjacent to an activating group) is 2. The van der Waals surface area contributed by atoms with Crippen molar-refractivity contribution in [3.63, 3.8) is 0 Å². The minimum Gasteiger partial charge on any atom is -0.446 e. The number of fused-ring (bicyclic) bond motifs is 3. The molecule has 16 nitrogen and oxygen atoms in total. The minimum atomic E-state index is -5.15.